The number of hydrogen-bond acceptors (Lipinski definition) is 10. The van der Waals surface area contributed by atoms with Crippen molar-refractivity contribution in [3.05, 3.63) is 178 Å². The van der Waals surface area contributed by atoms with Gasteiger partial charge in [0.15, 0.2) is 11.6 Å². The second-order valence-corrected chi connectivity index (χ2v) is 16.7. The van der Waals surface area contributed by atoms with Gasteiger partial charge < -0.3 is 30.4 Å². The van der Waals surface area contributed by atoms with Crippen LogP contribution in [-0.4, -0.2) is 60.9 Å². The summed E-state index contributed by atoms with van der Waals surface area (Å²) in [5.41, 5.74) is 15.8. The summed E-state index contributed by atoms with van der Waals surface area (Å²) in [6.45, 7) is 0.841. The maximum absolute atomic E-state index is 14.0. The lowest BCUT2D eigenvalue weighted by Crippen LogP contribution is -2.36. The number of rotatable bonds is 21. The van der Waals surface area contributed by atoms with E-state index in [-0.39, 0.29) is 50.9 Å². The van der Waals surface area contributed by atoms with E-state index in [0.29, 0.717) is 33.5 Å². The second kappa shape index (κ2) is 23.6. The Kier molecular flexibility index (Phi) is 17.6. The molecule has 0 spiro atoms. The van der Waals surface area contributed by atoms with E-state index in [1.165, 1.54) is 103 Å². The number of nitrogens with two attached hydrogens (primary N) is 2. The van der Waals surface area contributed by atoms with E-state index in [1.54, 1.807) is 55.5 Å². The minimum absolute atomic E-state index is 0.0926. The molecule has 6 rings (SSSR count). The van der Waals surface area contributed by atoms with Crippen molar-refractivity contribution >= 4 is 47.0 Å². The normalized spacial score (nSPS) is 12.2. The number of ether oxygens (including phenoxy) is 4. The lowest BCUT2D eigenvalue weighted by molar-refractivity contribution is -0.284. The maximum atomic E-state index is 14.0. The number of allylic oxidation sites excluding steroid dienone is 2. The van der Waals surface area contributed by atoms with E-state index in [9.17, 15) is 63.1 Å². The van der Waals surface area contributed by atoms with Crippen molar-refractivity contribution in [1.82, 2.24) is 0 Å². The fourth-order valence-electron chi connectivity index (χ4n) is 7.04. The van der Waals surface area contributed by atoms with Gasteiger partial charge in [-0.05, 0) is 151 Å². The summed E-state index contributed by atoms with van der Waals surface area (Å²) >= 11 is 0. The summed E-state index contributed by atoms with van der Waals surface area (Å²) in [7, 11) is 0. The van der Waals surface area contributed by atoms with E-state index < -0.39 is 86.6 Å². The quantitative estimate of drug-likeness (QED) is 0.0135. The molecule has 0 aliphatic heterocycles. The molecule has 4 N–H and O–H groups in total. The molecule has 6 aromatic carbocycles. The number of esters is 2. The van der Waals surface area contributed by atoms with Gasteiger partial charge >= 0.3 is 36.1 Å². The largest absolute Gasteiger partial charge is 0.494 e. The van der Waals surface area contributed by atoms with Crippen LogP contribution in [0.3, 0.4) is 0 Å². The van der Waals surface area contributed by atoms with Gasteiger partial charge in [-0.2, -0.15) is 43.9 Å². The van der Waals surface area contributed by atoms with E-state index in [2.05, 4.69) is 0 Å². The molecular weight excluding hydrogens is 1010 g/mol. The predicted molar refractivity (Wildman–Crippen MR) is 259 cm³/mol. The Morgan fingerprint density at radius 2 is 0.893 bits per heavy atom. The lowest BCUT2D eigenvalue weighted by atomic mass is 9.88. The standard InChI is InChI=1S/C55H44F10N2O8/c1-33-46(67)25-24-44(49(33)48(69)27-9-35-6-17-42(18-7-35)75-51(71)37-12-21-40(22-13-37)73-31-3-29-53(58,59)55(63,64)65)43-23-14-38(66)32-45(43)47(68)26-8-34-4-15-41(16-5-34)74-50(70)36-10-19-39(20-11-36)72-30-2-28-52(56,57)54(60,61)62/h4-27,32H,2-3,28-31,66-67H2,1H3. The topological polar surface area (TPSA) is 157 Å². The van der Waals surface area contributed by atoms with Gasteiger partial charge in [0, 0.05) is 35.3 Å². The minimum Gasteiger partial charge on any atom is -0.494 e. The Morgan fingerprint density at radius 3 is 1.32 bits per heavy atom. The highest BCUT2D eigenvalue weighted by atomic mass is 19.4. The van der Waals surface area contributed by atoms with Crippen molar-refractivity contribution in [1.29, 1.82) is 0 Å². The zero-order valence-corrected chi connectivity index (χ0v) is 39.4. The molecule has 6 aromatic rings. The number of alkyl halides is 10. The molecule has 0 atom stereocenters. The number of benzene rings is 6. The molecule has 0 saturated heterocycles. The van der Waals surface area contributed by atoms with Crippen LogP contribution in [0.2, 0.25) is 0 Å². The third-order valence-electron chi connectivity index (χ3n) is 11.2. The average molecular weight is 1050 g/mol. The van der Waals surface area contributed by atoms with Gasteiger partial charge in [0.05, 0.1) is 24.3 Å². The maximum Gasteiger partial charge on any atom is 0.453 e. The van der Waals surface area contributed by atoms with Crippen molar-refractivity contribution in [2.75, 3.05) is 24.7 Å². The number of anilines is 2. The highest BCUT2D eigenvalue weighted by molar-refractivity contribution is 6.16. The molecule has 0 heterocycles. The first-order valence-electron chi connectivity index (χ1n) is 22.5. The van der Waals surface area contributed by atoms with Crippen molar-refractivity contribution < 1.29 is 82.0 Å². The Morgan fingerprint density at radius 1 is 0.493 bits per heavy atom. The summed E-state index contributed by atoms with van der Waals surface area (Å²) in [6.07, 6.45) is -9.65. The van der Waals surface area contributed by atoms with Crippen LogP contribution in [-0.2, 0) is 0 Å². The third-order valence-corrected chi connectivity index (χ3v) is 11.2. The molecule has 75 heavy (non-hydrogen) atoms. The van der Waals surface area contributed by atoms with Gasteiger partial charge in [-0.3, -0.25) is 9.59 Å². The van der Waals surface area contributed by atoms with Crippen LogP contribution < -0.4 is 30.4 Å². The van der Waals surface area contributed by atoms with Gasteiger partial charge in [0.1, 0.15) is 23.0 Å². The van der Waals surface area contributed by atoms with Crippen molar-refractivity contribution in [3.8, 4) is 34.1 Å². The van der Waals surface area contributed by atoms with Crippen LogP contribution in [0.4, 0.5) is 55.3 Å². The average Bonchev–Trinajstić information content (AvgIpc) is 3.36. The van der Waals surface area contributed by atoms with Crippen molar-refractivity contribution in [2.24, 2.45) is 0 Å². The van der Waals surface area contributed by atoms with Crippen molar-refractivity contribution in [3.63, 3.8) is 0 Å². The molecule has 0 bridgehead atoms. The first-order valence-corrected chi connectivity index (χ1v) is 22.5. The van der Waals surface area contributed by atoms with Crippen LogP contribution >= 0.6 is 0 Å². The van der Waals surface area contributed by atoms with E-state index in [4.69, 9.17) is 30.4 Å². The molecule has 0 unspecified atom stereocenters. The Balaban J connectivity index is 1.05. The number of nitrogen functional groups attached to an aromatic ring is 2. The van der Waals surface area contributed by atoms with Gasteiger partial charge in [-0.25, -0.2) is 9.59 Å². The minimum atomic E-state index is -5.65. The summed E-state index contributed by atoms with van der Waals surface area (Å²) in [5, 5.41) is 0. The first kappa shape index (κ1) is 55.9. The van der Waals surface area contributed by atoms with Crippen LogP contribution in [0.1, 0.15) is 83.8 Å². The molecule has 0 fully saturated rings. The molecule has 0 amide bonds. The number of ketones is 2. The molecule has 0 aromatic heterocycles. The highest BCUT2D eigenvalue weighted by Gasteiger charge is 2.57. The molecule has 0 saturated carbocycles. The number of carbonyl (C=O) groups excluding carboxylic acids is 4. The summed E-state index contributed by atoms with van der Waals surface area (Å²) < 4.78 is 148. The van der Waals surface area contributed by atoms with Crippen LogP contribution in [0.5, 0.6) is 23.0 Å². The van der Waals surface area contributed by atoms with Crippen LogP contribution in [0.15, 0.2) is 140 Å². The molecular formula is C55H44F10N2O8. The predicted octanol–water partition coefficient (Wildman–Crippen LogP) is 13.8. The lowest BCUT2D eigenvalue weighted by Gasteiger charge is -2.19. The van der Waals surface area contributed by atoms with Gasteiger partial charge in [-0.1, -0.05) is 48.6 Å². The SMILES string of the molecule is Cc1c(N)ccc(-c2ccc(N)cc2C(=O)C=Cc2ccc(OC(=O)c3ccc(OCCCC(F)(F)C(F)(F)F)cc3)cc2)c1C(=O)C=Cc1ccc(OC(=O)c2ccc(OCCCC(F)(F)C(F)(F)F)cc2)cc1. The monoisotopic (exact) mass is 1050 g/mol. The van der Waals surface area contributed by atoms with Crippen LogP contribution in [0, 0.1) is 6.92 Å². The van der Waals surface area contributed by atoms with Gasteiger partial charge in [0.2, 0.25) is 0 Å². The summed E-state index contributed by atoms with van der Waals surface area (Å²) in [5.74, 6) is -11.5. The fourth-order valence-corrected chi connectivity index (χ4v) is 7.04. The van der Waals surface area contributed by atoms with Crippen LogP contribution in [0.25, 0.3) is 23.3 Å². The molecule has 10 nitrogen and oxygen atoms in total. The van der Waals surface area contributed by atoms with E-state index in [0.717, 1.165) is 0 Å². The van der Waals surface area contributed by atoms with E-state index in [1.807, 2.05) is 0 Å². The Hall–Kier alpha value is -8.42. The highest BCUT2D eigenvalue weighted by Crippen LogP contribution is 2.40. The number of halogens is 10. The molecule has 20 heteroatoms. The number of carbonyl (C=O) groups is 4. The molecule has 0 aliphatic carbocycles. The third kappa shape index (κ3) is 14.9. The Labute approximate surface area is 422 Å². The second-order valence-electron chi connectivity index (χ2n) is 16.7. The Bertz CT molecular complexity index is 3060. The fraction of sp³-hybridized carbons (Fsp3) is 0.200. The zero-order valence-electron chi connectivity index (χ0n) is 39.4. The zero-order chi connectivity index (χ0) is 54.7. The summed E-state index contributed by atoms with van der Waals surface area (Å²) in [4.78, 5) is 53.4. The number of hydrogen-bond donors (Lipinski definition) is 2. The molecule has 0 radical (unpaired) electrons. The first-order chi connectivity index (χ1) is 35.3. The van der Waals surface area contributed by atoms with E-state index >= 15 is 0 Å². The molecule has 392 valence electrons. The van der Waals surface area contributed by atoms with Crippen molar-refractivity contribution in [2.45, 2.75) is 56.8 Å². The smallest absolute Gasteiger partial charge is 0.453 e. The summed E-state index contributed by atoms with van der Waals surface area (Å²) in [6, 6.07) is 30.8. The molecule has 0 aliphatic rings. The van der Waals surface area contributed by atoms with Gasteiger partial charge in [0.25, 0.3) is 0 Å². The van der Waals surface area contributed by atoms with Gasteiger partial charge in [-0.15, -0.1) is 0 Å².